The van der Waals surface area contributed by atoms with Gasteiger partial charge in [0.25, 0.3) is 0 Å². The van der Waals surface area contributed by atoms with Gasteiger partial charge in [0.05, 0.1) is 0 Å². The van der Waals surface area contributed by atoms with Gasteiger partial charge in [0.2, 0.25) is 0 Å². The normalized spacial score (nSPS) is 10.7. The zero-order chi connectivity index (χ0) is 16.6. The molecule has 1 aromatic carbocycles. The quantitative estimate of drug-likeness (QED) is 0.572. The molecule has 3 N–H and O–H groups in total. The third-order valence-electron chi connectivity index (χ3n) is 2.45. The monoisotopic (exact) mass is 327 g/mol. The fourth-order valence-corrected chi connectivity index (χ4v) is 1.68. The Bertz CT molecular complexity index is 501. The Morgan fingerprint density at radius 1 is 1.14 bits per heavy atom. The molecule has 0 heterocycles. The van der Waals surface area contributed by atoms with Gasteiger partial charge in [-0.05, 0) is 50.7 Å². The molecule has 0 spiro atoms. The van der Waals surface area contributed by atoms with Crippen molar-refractivity contribution in [2.75, 3.05) is 13.1 Å². The van der Waals surface area contributed by atoms with Crippen LogP contribution in [-0.4, -0.2) is 29.9 Å². The van der Waals surface area contributed by atoms with E-state index in [-0.39, 0.29) is 5.82 Å². The van der Waals surface area contributed by atoms with Crippen LogP contribution in [0.3, 0.4) is 0 Å². The number of rotatable bonds is 5. The minimum atomic E-state index is -0.510. The number of halogens is 1. The predicted molar refractivity (Wildman–Crippen MR) is 88.1 cm³/mol. The second kappa shape index (κ2) is 8.53. The molecule has 0 saturated heterocycles. The Morgan fingerprint density at radius 2 is 1.73 bits per heavy atom. The average molecular weight is 327 g/mol. The number of carbonyl (C=O) groups excluding carboxylic acids is 1. The summed E-state index contributed by atoms with van der Waals surface area (Å²) in [6, 6.07) is 6.18. The number of benzene rings is 1. The molecule has 1 rings (SSSR count). The summed E-state index contributed by atoms with van der Waals surface area (Å²) in [5, 5.41) is 9.05. The molecule has 0 unspecified atom stereocenters. The van der Waals surface area contributed by atoms with Crippen LogP contribution in [-0.2, 0) is 11.3 Å². The van der Waals surface area contributed by atoms with E-state index in [9.17, 15) is 9.18 Å². The van der Waals surface area contributed by atoms with E-state index in [1.54, 1.807) is 32.9 Å². The molecule has 0 aliphatic carbocycles. The summed E-state index contributed by atoms with van der Waals surface area (Å²) in [5.41, 5.74) is 0.418. The fourth-order valence-electron chi connectivity index (χ4n) is 1.50. The lowest BCUT2D eigenvalue weighted by molar-refractivity contribution is 0.0529. The van der Waals surface area contributed by atoms with Crippen LogP contribution in [0.25, 0.3) is 0 Å². The molecule has 5 nitrogen and oxygen atoms in total. The molecule has 0 aliphatic rings. The van der Waals surface area contributed by atoms with E-state index < -0.39 is 11.7 Å². The second-order valence-corrected chi connectivity index (χ2v) is 6.07. The number of amides is 1. The highest BCUT2D eigenvalue weighted by Gasteiger charge is 2.15. The van der Waals surface area contributed by atoms with Gasteiger partial charge in [0.1, 0.15) is 11.4 Å². The van der Waals surface area contributed by atoms with Gasteiger partial charge in [-0.3, -0.25) is 0 Å². The summed E-state index contributed by atoms with van der Waals surface area (Å²) < 4.78 is 17.9. The Labute approximate surface area is 135 Å². The highest BCUT2D eigenvalue weighted by Crippen LogP contribution is 2.06. The second-order valence-electron chi connectivity index (χ2n) is 5.66. The van der Waals surface area contributed by atoms with Crippen molar-refractivity contribution < 1.29 is 13.9 Å². The van der Waals surface area contributed by atoms with E-state index >= 15 is 0 Å². The minimum Gasteiger partial charge on any atom is -0.444 e. The maximum absolute atomic E-state index is 12.8. The first-order valence-electron chi connectivity index (χ1n) is 6.99. The van der Waals surface area contributed by atoms with E-state index in [4.69, 9.17) is 17.0 Å². The van der Waals surface area contributed by atoms with Gasteiger partial charge in [-0.1, -0.05) is 12.1 Å². The molecule has 1 aromatic rings. The van der Waals surface area contributed by atoms with Crippen LogP contribution in [0.4, 0.5) is 9.18 Å². The van der Waals surface area contributed by atoms with Gasteiger partial charge in [-0.2, -0.15) is 0 Å². The smallest absolute Gasteiger partial charge is 0.407 e. The molecule has 1 amide bonds. The van der Waals surface area contributed by atoms with Crippen molar-refractivity contribution >= 4 is 23.4 Å². The lowest BCUT2D eigenvalue weighted by atomic mass is 10.2. The van der Waals surface area contributed by atoms with E-state index in [0.29, 0.717) is 24.7 Å². The molecule has 0 saturated carbocycles. The van der Waals surface area contributed by atoms with Crippen LogP contribution >= 0.6 is 12.2 Å². The average Bonchev–Trinajstić information content (AvgIpc) is 2.41. The first-order valence-corrected chi connectivity index (χ1v) is 7.40. The number of carbonyl (C=O) groups is 1. The Balaban J connectivity index is 2.13. The van der Waals surface area contributed by atoms with Crippen molar-refractivity contribution in [1.29, 1.82) is 0 Å². The number of ether oxygens (including phenoxy) is 1. The number of alkyl carbamates (subject to hydrolysis) is 1. The fraction of sp³-hybridized carbons (Fsp3) is 0.467. The molecule has 0 aliphatic heterocycles. The largest absolute Gasteiger partial charge is 0.444 e. The summed E-state index contributed by atoms with van der Waals surface area (Å²) in [5.74, 6) is -0.266. The van der Waals surface area contributed by atoms with E-state index in [2.05, 4.69) is 16.0 Å². The lowest BCUT2D eigenvalue weighted by Gasteiger charge is -2.19. The lowest BCUT2D eigenvalue weighted by Crippen LogP contribution is -2.41. The number of thiocarbonyl (C=S) groups is 1. The summed E-state index contributed by atoms with van der Waals surface area (Å²) >= 11 is 5.11. The van der Waals surface area contributed by atoms with E-state index in [0.717, 1.165) is 5.56 Å². The summed E-state index contributed by atoms with van der Waals surface area (Å²) in [4.78, 5) is 11.4. The Hall–Kier alpha value is -1.89. The van der Waals surface area contributed by atoms with Crippen molar-refractivity contribution in [1.82, 2.24) is 16.0 Å². The van der Waals surface area contributed by atoms with Crippen LogP contribution in [0.1, 0.15) is 26.3 Å². The molecular weight excluding hydrogens is 305 g/mol. The highest BCUT2D eigenvalue weighted by atomic mass is 32.1. The van der Waals surface area contributed by atoms with E-state index in [1.807, 2.05) is 0 Å². The zero-order valence-corrected chi connectivity index (χ0v) is 13.8. The third kappa shape index (κ3) is 8.41. The van der Waals surface area contributed by atoms with Crippen LogP contribution in [0.2, 0.25) is 0 Å². The van der Waals surface area contributed by atoms with Crippen LogP contribution in [0.5, 0.6) is 0 Å². The Morgan fingerprint density at radius 3 is 2.32 bits per heavy atom. The maximum atomic E-state index is 12.8. The number of hydrogen-bond donors (Lipinski definition) is 3. The van der Waals surface area contributed by atoms with Crippen LogP contribution < -0.4 is 16.0 Å². The zero-order valence-electron chi connectivity index (χ0n) is 13.0. The van der Waals surface area contributed by atoms with Crippen molar-refractivity contribution in [2.24, 2.45) is 0 Å². The van der Waals surface area contributed by atoms with Crippen molar-refractivity contribution in [3.63, 3.8) is 0 Å². The van der Waals surface area contributed by atoms with Crippen molar-refractivity contribution in [2.45, 2.75) is 32.9 Å². The molecule has 0 fully saturated rings. The first-order chi connectivity index (χ1) is 10.3. The third-order valence-corrected chi connectivity index (χ3v) is 2.73. The van der Waals surface area contributed by atoms with E-state index in [1.165, 1.54) is 12.1 Å². The van der Waals surface area contributed by atoms with Crippen LogP contribution in [0.15, 0.2) is 24.3 Å². The molecule has 0 radical (unpaired) electrons. The molecule has 22 heavy (non-hydrogen) atoms. The predicted octanol–water partition coefficient (Wildman–Crippen LogP) is 2.31. The van der Waals surface area contributed by atoms with Gasteiger partial charge in [-0.25, -0.2) is 9.18 Å². The van der Waals surface area contributed by atoms with Crippen LogP contribution in [0, 0.1) is 5.82 Å². The minimum absolute atomic E-state index is 0.266. The number of nitrogens with one attached hydrogen (secondary N) is 3. The first kappa shape index (κ1) is 18.2. The number of hydrogen-bond acceptors (Lipinski definition) is 3. The SMILES string of the molecule is CC(C)(C)OC(=O)NCCNC(=S)NCc1ccc(F)cc1. The van der Waals surface area contributed by atoms with Gasteiger partial charge in [0, 0.05) is 19.6 Å². The van der Waals surface area contributed by atoms with Gasteiger partial charge in [-0.15, -0.1) is 0 Å². The molecule has 0 aromatic heterocycles. The van der Waals surface area contributed by atoms with Gasteiger partial charge >= 0.3 is 6.09 Å². The molecule has 0 bridgehead atoms. The summed E-state index contributed by atoms with van der Waals surface area (Å²) in [6.07, 6.45) is -0.459. The molecule has 0 atom stereocenters. The Kier molecular flexibility index (Phi) is 7.04. The molecule has 122 valence electrons. The summed E-state index contributed by atoms with van der Waals surface area (Å²) in [7, 11) is 0. The highest BCUT2D eigenvalue weighted by molar-refractivity contribution is 7.80. The standard InChI is InChI=1S/C15H22FN3O2S/c1-15(2,3)21-14(20)18-9-8-17-13(22)19-10-11-4-6-12(16)7-5-11/h4-7H,8-10H2,1-3H3,(H,18,20)(H2,17,19,22). The van der Waals surface area contributed by atoms with Gasteiger partial charge < -0.3 is 20.7 Å². The molecule has 7 heteroatoms. The van der Waals surface area contributed by atoms with Crippen molar-refractivity contribution in [3.05, 3.63) is 35.6 Å². The summed E-state index contributed by atoms with van der Waals surface area (Å²) in [6.45, 7) is 6.80. The van der Waals surface area contributed by atoms with Gasteiger partial charge in [0.15, 0.2) is 5.11 Å². The molecular formula is C15H22FN3O2S. The topological polar surface area (TPSA) is 62.4 Å². The van der Waals surface area contributed by atoms with Crippen molar-refractivity contribution in [3.8, 4) is 0 Å². The maximum Gasteiger partial charge on any atom is 0.407 e.